The molecule has 0 radical (unpaired) electrons. The van der Waals surface area contributed by atoms with Gasteiger partial charge in [0, 0.05) is 6.10 Å². The second-order valence-electron chi connectivity index (χ2n) is 5.16. The fourth-order valence-electron chi connectivity index (χ4n) is 2.68. The number of hydrogen-bond donors (Lipinski definition) is 1. The van der Waals surface area contributed by atoms with Crippen LogP contribution in [0, 0.1) is 0 Å². The van der Waals surface area contributed by atoms with Gasteiger partial charge in [-0.1, -0.05) is 38.5 Å². The third kappa shape index (κ3) is 4.96. The van der Waals surface area contributed by atoms with E-state index in [4.69, 9.17) is 14.3 Å². The molecule has 98 valence electrons. The van der Waals surface area contributed by atoms with E-state index < -0.39 is 7.32 Å². The normalized spacial score (nSPS) is 23.8. The van der Waals surface area contributed by atoms with Crippen molar-refractivity contribution < 1.29 is 19.4 Å². The Kier molecular flexibility index (Phi) is 5.78. The van der Waals surface area contributed by atoms with E-state index in [9.17, 15) is 5.02 Å². The molecule has 2 aliphatic carbocycles. The molecule has 0 spiro atoms. The molecule has 0 aromatic rings. The molecule has 0 atom stereocenters. The molecule has 0 unspecified atom stereocenters. The summed E-state index contributed by atoms with van der Waals surface area (Å²) in [6.45, 7) is 0. The molecule has 0 heterocycles. The molecular formula is C12H23BO4. The Hall–Kier alpha value is -0.0951. The molecule has 5 heteroatoms. The first kappa shape index (κ1) is 13.3. The van der Waals surface area contributed by atoms with E-state index in [2.05, 4.69) is 0 Å². The van der Waals surface area contributed by atoms with Crippen molar-refractivity contribution in [3.63, 3.8) is 0 Å². The highest BCUT2D eigenvalue weighted by molar-refractivity contribution is 6.34. The lowest BCUT2D eigenvalue weighted by atomic mass is 9.97. The minimum atomic E-state index is -1.22. The highest BCUT2D eigenvalue weighted by atomic mass is 17.2. The summed E-state index contributed by atoms with van der Waals surface area (Å²) in [4.78, 5) is 10.1. The van der Waals surface area contributed by atoms with Crippen LogP contribution >= 0.6 is 0 Å². The lowest BCUT2D eigenvalue weighted by molar-refractivity contribution is -0.279. The Bertz CT molecular complexity index is 203. The monoisotopic (exact) mass is 242 g/mol. The lowest BCUT2D eigenvalue weighted by Gasteiger charge is -2.24. The van der Waals surface area contributed by atoms with Crippen molar-refractivity contribution in [2.45, 2.75) is 76.4 Å². The second kappa shape index (κ2) is 7.36. The van der Waals surface area contributed by atoms with E-state index in [1.807, 2.05) is 0 Å². The lowest BCUT2D eigenvalue weighted by Crippen LogP contribution is -2.32. The minimum absolute atomic E-state index is 0.133. The summed E-state index contributed by atoms with van der Waals surface area (Å²) < 4.78 is 5.39. The van der Waals surface area contributed by atoms with Crippen LogP contribution in [0.2, 0.25) is 0 Å². The van der Waals surface area contributed by atoms with E-state index in [0.717, 1.165) is 25.7 Å². The topological polar surface area (TPSA) is 47.9 Å². The largest absolute Gasteiger partial charge is 0.665 e. The summed E-state index contributed by atoms with van der Waals surface area (Å²) in [5.74, 6) is 0. The predicted octanol–water partition coefficient (Wildman–Crippen LogP) is 2.59. The first-order valence-corrected chi connectivity index (χ1v) is 7.00. The van der Waals surface area contributed by atoms with Crippen LogP contribution in [0.15, 0.2) is 0 Å². The molecule has 2 fully saturated rings. The minimum Gasteiger partial charge on any atom is -0.400 e. The Labute approximate surface area is 104 Å². The van der Waals surface area contributed by atoms with Gasteiger partial charge in [0.05, 0.1) is 6.10 Å². The van der Waals surface area contributed by atoms with E-state index in [-0.39, 0.29) is 12.2 Å². The van der Waals surface area contributed by atoms with Crippen LogP contribution in [0.4, 0.5) is 0 Å². The first-order chi connectivity index (χ1) is 8.34. The van der Waals surface area contributed by atoms with Crippen molar-refractivity contribution in [3.05, 3.63) is 0 Å². The third-order valence-corrected chi connectivity index (χ3v) is 3.69. The van der Waals surface area contributed by atoms with Gasteiger partial charge < -0.3 is 9.68 Å². The van der Waals surface area contributed by atoms with Crippen LogP contribution < -0.4 is 0 Å². The predicted molar refractivity (Wildman–Crippen MR) is 65.0 cm³/mol. The number of hydrogen-bond acceptors (Lipinski definition) is 4. The zero-order valence-electron chi connectivity index (χ0n) is 10.5. The van der Waals surface area contributed by atoms with Crippen LogP contribution in [0.5, 0.6) is 0 Å². The van der Waals surface area contributed by atoms with Gasteiger partial charge in [-0.25, -0.2) is 9.69 Å². The third-order valence-electron chi connectivity index (χ3n) is 3.69. The van der Waals surface area contributed by atoms with Crippen LogP contribution in [0.3, 0.4) is 0 Å². The summed E-state index contributed by atoms with van der Waals surface area (Å²) in [6.07, 6.45) is 11.6. The molecule has 0 saturated heterocycles. The zero-order chi connectivity index (χ0) is 11.9. The molecule has 2 saturated carbocycles. The van der Waals surface area contributed by atoms with Crippen LogP contribution in [0.1, 0.15) is 64.2 Å². The van der Waals surface area contributed by atoms with Gasteiger partial charge in [0.1, 0.15) is 0 Å². The van der Waals surface area contributed by atoms with Crippen molar-refractivity contribution in [3.8, 4) is 0 Å². The van der Waals surface area contributed by atoms with Crippen molar-refractivity contribution in [2.75, 3.05) is 0 Å². The average Bonchev–Trinajstić information content (AvgIpc) is 2.39. The van der Waals surface area contributed by atoms with Gasteiger partial charge in [0.15, 0.2) is 0 Å². The van der Waals surface area contributed by atoms with Gasteiger partial charge in [-0.3, -0.25) is 0 Å². The number of rotatable bonds is 5. The van der Waals surface area contributed by atoms with Crippen LogP contribution in [0.25, 0.3) is 0 Å². The van der Waals surface area contributed by atoms with E-state index in [0.29, 0.717) is 0 Å². The summed E-state index contributed by atoms with van der Waals surface area (Å²) in [5.41, 5.74) is 0. The highest BCUT2D eigenvalue weighted by Crippen LogP contribution is 2.22. The Morgan fingerprint density at radius 3 is 1.88 bits per heavy atom. The quantitative estimate of drug-likeness (QED) is 0.457. The van der Waals surface area contributed by atoms with Gasteiger partial charge in [-0.2, -0.15) is 0 Å². The van der Waals surface area contributed by atoms with Crippen LogP contribution in [-0.2, 0) is 14.3 Å². The Morgan fingerprint density at radius 1 is 0.765 bits per heavy atom. The molecule has 0 bridgehead atoms. The molecule has 0 aromatic carbocycles. The fraction of sp³-hybridized carbons (Fsp3) is 1.00. The molecule has 2 aliphatic rings. The summed E-state index contributed by atoms with van der Waals surface area (Å²) >= 11 is 0. The van der Waals surface area contributed by atoms with Gasteiger partial charge in [-0.15, -0.1) is 0 Å². The van der Waals surface area contributed by atoms with Crippen molar-refractivity contribution in [1.29, 1.82) is 0 Å². The molecule has 4 nitrogen and oxygen atoms in total. The summed E-state index contributed by atoms with van der Waals surface area (Å²) in [7, 11) is -1.22. The molecule has 0 aromatic heterocycles. The summed E-state index contributed by atoms with van der Waals surface area (Å²) in [6, 6.07) is 0. The zero-order valence-corrected chi connectivity index (χ0v) is 10.5. The molecule has 2 rings (SSSR count). The van der Waals surface area contributed by atoms with Crippen molar-refractivity contribution >= 4 is 7.32 Å². The summed E-state index contributed by atoms with van der Waals surface area (Å²) in [5, 5.41) is 9.56. The van der Waals surface area contributed by atoms with E-state index in [1.165, 1.54) is 38.5 Å². The molecule has 0 amide bonds. The maximum absolute atomic E-state index is 9.56. The highest BCUT2D eigenvalue weighted by Gasteiger charge is 2.26. The smallest absolute Gasteiger partial charge is 0.400 e. The standard InChI is InChI=1S/C12H23BO4/c14-13(15-11-7-3-1-4-8-11)17-16-12-9-5-2-6-10-12/h11-12,14H,1-10H2. The molecular weight excluding hydrogens is 219 g/mol. The van der Waals surface area contributed by atoms with E-state index in [1.54, 1.807) is 0 Å². The van der Waals surface area contributed by atoms with Crippen molar-refractivity contribution in [2.24, 2.45) is 0 Å². The SMILES string of the molecule is OB(OOC1CCCCC1)OC1CCCCC1. The molecule has 17 heavy (non-hydrogen) atoms. The fourth-order valence-corrected chi connectivity index (χ4v) is 2.68. The van der Waals surface area contributed by atoms with Crippen molar-refractivity contribution in [1.82, 2.24) is 0 Å². The molecule has 1 N–H and O–H groups in total. The average molecular weight is 242 g/mol. The first-order valence-electron chi connectivity index (χ1n) is 7.00. The van der Waals surface area contributed by atoms with Gasteiger partial charge in [0.25, 0.3) is 0 Å². The van der Waals surface area contributed by atoms with E-state index >= 15 is 0 Å². The Morgan fingerprint density at radius 2 is 1.29 bits per heavy atom. The Balaban J connectivity index is 1.57. The van der Waals surface area contributed by atoms with Crippen LogP contribution in [-0.4, -0.2) is 24.6 Å². The van der Waals surface area contributed by atoms with Gasteiger partial charge in [0.2, 0.25) is 0 Å². The maximum Gasteiger partial charge on any atom is 0.665 e. The van der Waals surface area contributed by atoms with Gasteiger partial charge in [-0.05, 0) is 25.7 Å². The second-order valence-corrected chi connectivity index (χ2v) is 5.16. The molecule has 0 aliphatic heterocycles. The van der Waals surface area contributed by atoms with Gasteiger partial charge >= 0.3 is 7.32 Å². The maximum atomic E-state index is 9.56.